The van der Waals surface area contributed by atoms with Crippen molar-refractivity contribution in [3.05, 3.63) is 39.9 Å². The van der Waals surface area contributed by atoms with E-state index in [-0.39, 0.29) is 17.2 Å². The number of nitro benzene ring substituents is 1. The summed E-state index contributed by atoms with van der Waals surface area (Å²) < 4.78 is 0. The predicted molar refractivity (Wildman–Crippen MR) is 72.8 cm³/mol. The van der Waals surface area contributed by atoms with Gasteiger partial charge in [0, 0.05) is 30.8 Å². The van der Waals surface area contributed by atoms with E-state index in [2.05, 4.69) is 4.90 Å². The maximum absolute atomic E-state index is 11.0. The number of nitro groups is 1. The van der Waals surface area contributed by atoms with Crippen LogP contribution in [0, 0.1) is 10.1 Å². The third-order valence-corrected chi connectivity index (χ3v) is 3.79. The highest BCUT2D eigenvalue weighted by Crippen LogP contribution is 2.27. The van der Waals surface area contributed by atoms with Gasteiger partial charge in [-0.1, -0.05) is 31.0 Å². The molecule has 0 saturated heterocycles. The Morgan fingerprint density at radius 1 is 1.32 bits per heavy atom. The maximum atomic E-state index is 11.0. The van der Waals surface area contributed by atoms with Gasteiger partial charge in [0.2, 0.25) is 0 Å². The van der Waals surface area contributed by atoms with Gasteiger partial charge in [-0.3, -0.25) is 15.0 Å². The van der Waals surface area contributed by atoms with Crippen molar-refractivity contribution in [2.24, 2.45) is 0 Å². The molecular weight excluding hydrogens is 244 g/mol. The number of benzene rings is 1. The van der Waals surface area contributed by atoms with E-state index >= 15 is 0 Å². The normalized spacial score (nSPS) is 16.1. The Balaban J connectivity index is 2.14. The topological polar surface area (TPSA) is 66.6 Å². The number of rotatable bonds is 6. The molecule has 2 rings (SSSR count). The molecule has 1 aromatic carbocycles. The summed E-state index contributed by atoms with van der Waals surface area (Å²) in [6.07, 6.45) is 4.67. The Bertz CT molecular complexity index is 430. The van der Waals surface area contributed by atoms with Gasteiger partial charge < -0.3 is 5.11 Å². The molecule has 0 spiro atoms. The number of hydrogen-bond acceptors (Lipinski definition) is 4. The SMILES string of the molecule is O=[N+]([O-])c1ccccc1CN(CCO)C1CCCC1. The second-order valence-corrected chi connectivity index (χ2v) is 5.02. The highest BCUT2D eigenvalue weighted by molar-refractivity contribution is 5.39. The molecule has 1 saturated carbocycles. The fourth-order valence-corrected chi connectivity index (χ4v) is 2.83. The Morgan fingerprint density at radius 3 is 2.63 bits per heavy atom. The van der Waals surface area contributed by atoms with Crippen LogP contribution in [0.3, 0.4) is 0 Å². The second-order valence-electron chi connectivity index (χ2n) is 5.02. The van der Waals surface area contributed by atoms with Crippen molar-refractivity contribution < 1.29 is 10.0 Å². The van der Waals surface area contributed by atoms with Crippen LogP contribution in [-0.4, -0.2) is 34.1 Å². The van der Waals surface area contributed by atoms with Gasteiger partial charge in [-0.25, -0.2) is 0 Å². The van der Waals surface area contributed by atoms with Crippen molar-refractivity contribution in [1.29, 1.82) is 0 Å². The summed E-state index contributed by atoms with van der Waals surface area (Å²) in [6.45, 7) is 1.22. The Labute approximate surface area is 113 Å². The lowest BCUT2D eigenvalue weighted by molar-refractivity contribution is -0.385. The lowest BCUT2D eigenvalue weighted by atomic mass is 10.1. The van der Waals surface area contributed by atoms with Gasteiger partial charge >= 0.3 is 0 Å². The minimum absolute atomic E-state index is 0.0944. The quantitative estimate of drug-likeness (QED) is 0.632. The average Bonchev–Trinajstić information content (AvgIpc) is 2.92. The van der Waals surface area contributed by atoms with E-state index in [1.54, 1.807) is 18.2 Å². The van der Waals surface area contributed by atoms with Gasteiger partial charge in [-0.2, -0.15) is 0 Å². The van der Waals surface area contributed by atoms with Crippen LogP contribution in [0.15, 0.2) is 24.3 Å². The minimum atomic E-state index is -0.332. The van der Waals surface area contributed by atoms with Gasteiger partial charge in [0.05, 0.1) is 11.5 Å². The van der Waals surface area contributed by atoms with Crippen molar-refractivity contribution in [3.63, 3.8) is 0 Å². The summed E-state index contributed by atoms with van der Waals surface area (Å²) in [7, 11) is 0. The van der Waals surface area contributed by atoms with Crippen LogP contribution in [0.4, 0.5) is 5.69 Å². The maximum Gasteiger partial charge on any atom is 0.273 e. The van der Waals surface area contributed by atoms with E-state index < -0.39 is 0 Å². The molecule has 0 radical (unpaired) electrons. The third kappa shape index (κ3) is 3.52. The molecule has 1 N–H and O–H groups in total. The van der Waals surface area contributed by atoms with E-state index in [1.807, 2.05) is 6.07 Å². The van der Waals surface area contributed by atoms with Crippen LogP contribution in [0.5, 0.6) is 0 Å². The van der Waals surface area contributed by atoms with Crippen molar-refractivity contribution in [2.45, 2.75) is 38.3 Å². The molecule has 104 valence electrons. The summed E-state index contributed by atoms with van der Waals surface area (Å²) in [6, 6.07) is 7.31. The zero-order valence-corrected chi connectivity index (χ0v) is 11.0. The molecule has 0 bridgehead atoms. The van der Waals surface area contributed by atoms with Gasteiger partial charge in [-0.05, 0) is 12.8 Å². The Kier molecular flexibility index (Phi) is 4.87. The monoisotopic (exact) mass is 264 g/mol. The summed E-state index contributed by atoms with van der Waals surface area (Å²) in [5.74, 6) is 0. The molecule has 0 unspecified atom stereocenters. The second kappa shape index (κ2) is 6.63. The lowest BCUT2D eigenvalue weighted by Gasteiger charge is -2.27. The van der Waals surface area contributed by atoms with Crippen LogP contribution in [0.1, 0.15) is 31.2 Å². The first-order chi connectivity index (χ1) is 9.22. The minimum Gasteiger partial charge on any atom is -0.395 e. The fraction of sp³-hybridized carbons (Fsp3) is 0.571. The Morgan fingerprint density at radius 2 is 2.00 bits per heavy atom. The average molecular weight is 264 g/mol. The van der Waals surface area contributed by atoms with Crippen LogP contribution in [0.2, 0.25) is 0 Å². The molecule has 0 atom stereocenters. The molecule has 0 heterocycles. The van der Waals surface area contributed by atoms with Gasteiger partial charge in [0.25, 0.3) is 5.69 Å². The van der Waals surface area contributed by atoms with Crippen molar-refractivity contribution in [1.82, 2.24) is 4.90 Å². The van der Waals surface area contributed by atoms with Gasteiger partial charge in [-0.15, -0.1) is 0 Å². The van der Waals surface area contributed by atoms with Crippen molar-refractivity contribution >= 4 is 5.69 Å². The highest BCUT2D eigenvalue weighted by atomic mass is 16.6. The molecule has 1 aliphatic carbocycles. The third-order valence-electron chi connectivity index (χ3n) is 3.79. The molecule has 1 aromatic rings. The molecule has 0 aromatic heterocycles. The number of nitrogens with zero attached hydrogens (tertiary/aromatic N) is 2. The highest BCUT2D eigenvalue weighted by Gasteiger charge is 2.24. The number of aliphatic hydroxyl groups excluding tert-OH is 1. The van der Waals surface area contributed by atoms with Crippen LogP contribution < -0.4 is 0 Å². The summed E-state index contributed by atoms with van der Waals surface area (Å²) in [4.78, 5) is 12.9. The molecular formula is C14H20N2O3. The molecule has 5 heteroatoms. The summed E-state index contributed by atoms with van der Waals surface area (Å²) in [5.41, 5.74) is 0.899. The van der Waals surface area contributed by atoms with E-state index in [0.29, 0.717) is 19.1 Å². The van der Waals surface area contributed by atoms with Crippen molar-refractivity contribution in [2.75, 3.05) is 13.2 Å². The number of aliphatic hydroxyl groups is 1. The van der Waals surface area contributed by atoms with E-state index in [4.69, 9.17) is 0 Å². The molecule has 1 fully saturated rings. The molecule has 0 aliphatic heterocycles. The molecule has 0 amide bonds. The standard InChI is InChI=1S/C14H20N2O3/c17-10-9-15(13-6-2-3-7-13)11-12-5-1-4-8-14(12)16(18)19/h1,4-5,8,13,17H,2-3,6-7,9-11H2. The lowest BCUT2D eigenvalue weighted by Crippen LogP contribution is -2.35. The summed E-state index contributed by atoms with van der Waals surface area (Å²) >= 11 is 0. The van der Waals surface area contributed by atoms with Crippen LogP contribution >= 0.6 is 0 Å². The number of hydrogen-bond donors (Lipinski definition) is 1. The number of para-hydroxylation sites is 1. The van der Waals surface area contributed by atoms with Crippen molar-refractivity contribution in [3.8, 4) is 0 Å². The Hall–Kier alpha value is -1.46. The predicted octanol–water partition coefficient (Wildman–Crippen LogP) is 2.33. The van der Waals surface area contributed by atoms with E-state index in [9.17, 15) is 15.2 Å². The molecule has 5 nitrogen and oxygen atoms in total. The van der Waals surface area contributed by atoms with E-state index in [0.717, 1.165) is 18.4 Å². The smallest absolute Gasteiger partial charge is 0.273 e. The zero-order valence-electron chi connectivity index (χ0n) is 11.0. The van der Waals surface area contributed by atoms with E-state index in [1.165, 1.54) is 12.8 Å². The first-order valence-electron chi connectivity index (χ1n) is 6.79. The summed E-state index contributed by atoms with van der Waals surface area (Å²) in [5, 5.41) is 20.2. The van der Waals surface area contributed by atoms with Gasteiger partial charge in [0.1, 0.15) is 0 Å². The van der Waals surface area contributed by atoms with Crippen LogP contribution in [-0.2, 0) is 6.54 Å². The first-order valence-corrected chi connectivity index (χ1v) is 6.79. The zero-order chi connectivity index (χ0) is 13.7. The molecule has 1 aliphatic rings. The first kappa shape index (κ1) is 14.0. The fourth-order valence-electron chi connectivity index (χ4n) is 2.83. The van der Waals surface area contributed by atoms with Gasteiger partial charge in [0.15, 0.2) is 0 Å². The molecule has 19 heavy (non-hydrogen) atoms. The largest absolute Gasteiger partial charge is 0.395 e. The van der Waals surface area contributed by atoms with Crippen LogP contribution in [0.25, 0.3) is 0 Å².